The number of aromatic nitrogens is 1. The van der Waals surface area contributed by atoms with E-state index in [1.54, 1.807) is 42.1 Å². The fourth-order valence-corrected chi connectivity index (χ4v) is 3.68. The fraction of sp³-hybridized carbons (Fsp3) is 0.273. The molecule has 4 rings (SSSR count). The zero-order valence-electron chi connectivity index (χ0n) is 15.7. The number of nitrogens with zero attached hydrogens (tertiary/aromatic N) is 2. The number of likely N-dealkylation sites (tertiary alicyclic amines) is 1. The van der Waals surface area contributed by atoms with Gasteiger partial charge < -0.3 is 18.6 Å². The average molecular weight is 378 g/mol. The van der Waals surface area contributed by atoms with Gasteiger partial charge in [-0.3, -0.25) is 9.59 Å². The fourth-order valence-electron chi connectivity index (χ4n) is 3.68. The quantitative estimate of drug-likeness (QED) is 0.682. The number of hydrogen-bond donors (Lipinski definition) is 0. The van der Waals surface area contributed by atoms with Crippen LogP contribution in [-0.2, 0) is 6.54 Å². The van der Waals surface area contributed by atoms with Gasteiger partial charge in [0, 0.05) is 18.8 Å². The van der Waals surface area contributed by atoms with Crippen LogP contribution in [-0.4, -0.2) is 29.0 Å². The Morgan fingerprint density at radius 3 is 2.89 bits per heavy atom. The van der Waals surface area contributed by atoms with Gasteiger partial charge in [0.25, 0.3) is 11.5 Å². The second-order valence-corrected chi connectivity index (χ2v) is 6.87. The second-order valence-electron chi connectivity index (χ2n) is 6.87. The van der Waals surface area contributed by atoms with E-state index in [1.807, 2.05) is 29.2 Å². The first-order valence-electron chi connectivity index (χ1n) is 9.35. The Labute approximate surface area is 163 Å². The molecule has 1 aliphatic heterocycles. The standard InChI is InChI=1S/C22H22N2O4/c1-27-17-7-4-6-16(14-17)19-8-5-13-24(19)22(26)20-11-10-18(28-20)15-23-12-3-2-9-21(23)25/h2-4,6-7,9-12,14,19H,5,8,13,15H2,1H3. The van der Waals surface area contributed by atoms with E-state index < -0.39 is 0 Å². The van der Waals surface area contributed by atoms with Crippen LogP contribution in [0.1, 0.15) is 40.8 Å². The summed E-state index contributed by atoms with van der Waals surface area (Å²) in [7, 11) is 1.64. The Morgan fingerprint density at radius 2 is 2.07 bits per heavy atom. The van der Waals surface area contributed by atoms with Gasteiger partial charge in [-0.15, -0.1) is 0 Å². The van der Waals surface area contributed by atoms with Crippen molar-refractivity contribution < 1.29 is 13.9 Å². The molecule has 0 spiro atoms. The Balaban J connectivity index is 1.53. The Hall–Kier alpha value is -3.28. The number of rotatable bonds is 5. The van der Waals surface area contributed by atoms with E-state index in [1.165, 1.54) is 6.07 Å². The normalized spacial score (nSPS) is 16.3. The van der Waals surface area contributed by atoms with Crippen LogP contribution in [0.15, 0.2) is 70.0 Å². The third-order valence-electron chi connectivity index (χ3n) is 5.09. The molecule has 1 atom stereocenters. The van der Waals surface area contributed by atoms with E-state index in [0.29, 0.717) is 24.6 Å². The smallest absolute Gasteiger partial charge is 0.290 e. The highest BCUT2D eigenvalue weighted by atomic mass is 16.5. The highest BCUT2D eigenvalue weighted by Crippen LogP contribution is 2.34. The van der Waals surface area contributed by atoms with Gasteiger partial charge in [-0.05, 0) is 48.7 Å². The van der Waals surface area contributed by atoms with E-state index in [0.717, 1.165) is 24.2 Å². The number of benzene rings is 1. The SMILES string of the molecule is COc1cccc(C2CCCN2C(=O)c2ccc(Cn3ccccc3=O)o2)c1. The third-order valence-corrected chi connectivity index (χ3v) is 5.09. The van der Waals surface area contributed by atoms with Gasteiger partial charge in [-0.25, -0.2) is 0 Å². The molecular formula is C22H22N2O4. The summed E-state index contributed by atoms with van der Waals surface area (Å²) < 4.78 is 12.6. The molecule has 0 N–H and O–H groups in total. The van der Waals surface area contributed by atoms with Crippen LogP contribution in [0, 0.1) is 0 Å². The Bertz CT molecular complexity index is 1040. The number of furan rings is 1. The monoisotopic (exact) mass is 378 g/mol. The largest absolute Gasteiger partial charge is 0.497 e. The second kappa shape index (κ2) is 7.76. The molecule has 3 aromatic rings. The summed E-state index contributed by atoms with van der Waals surface area (Å²) in [5, 5.41) is 0. The summed E-state index contributed by atoms with van der Waals surface area (Å²) in [4.78, 5) is 26.8. The Morgan fingerprint density at radius 1 is 1.18 bits per heavy atom. The van der Waals surface area contributed by atoms with E-state index in [4.69, 9.17) is 9.15 Å². The van der Waals surface area contributed by atoms with E-state index in [-0.39, 0.29) is 17.5 Å². The molecule has 0 aliphatic carbocycles. The van der Waals surface area contributed by atoms with Gasteiger partial charge in [0.2, 0.25) is 0 Å². The van der Waals surface area contributed by atoms with Crippen molar-refractivity contribution >= 4 is 5.91 Å². The molecule has 1 aliphatic rings. The van der Waals surface area contributed by atoms with Crippen LogP contribution in [0.5, 0.6) is 5.75 Å². The molecule has 3 heterocycles. The lowest BCUT2D eigenvalue weighted by Crippen LogP contribution is -2.30. The van der Waals surface area contributed by atoms with Crippen molar-refractivity contribution in [2.75, 3.05) is 13.7 Å². The first kappa shape index (κ1) is 18.1. The van der Waals surface area contributed by atoms with Crippen LogP contribution in [0.4, 0.5) is 0 Å². The number of amides is 1. The molecule has 144 valence electrons. The van der Waals surface area contributed by atoms with E-state index in [9.17, 15) is 9.59 Å². The lowest BCUT2D eigenvalue weighted by molar-refractivity contribution is 0.0701. The molecule has 1 fully saturated rings. The van der Waals surface area contributed by atoms with Crippen LogP contribution >= 0.6 is 0 Å². The molecule has 1 unspecified atom stereocenters. The molecular weight excluding hydrogens is 356 g/mol. The number of carbonyl (C=O) groups excluding carboxylic acids is 1. The number of ether oxygens (including phenoxy) is 1. The van der Waals surface area contributed by atoms with E-state index >= 15 is 0 Å². The molecule has 0 bridgehead atoms. The summed E-state index contributed by atoms with van der Waals surface area (Å²) in [6.07, 6.45) is 3.55. The lowest BCUT2D eigenvalue weighted by Gasteiger charge is -2.24. The third kappa shape index (κ3) is 3.58. The number of carbonyl (C=O) groups is 1. The molecule has 1 amide bonds. The van der Waals surface area contributed by atoms with Crippen molar-refractivity contribution in [2.24, 2.45) is 0 Å². The Kier molecular flexibility index (Phi) is 5.02. The number of methoxy groups -OCH3 is 1. The van der Waals surface area contributed by atoms with E-state index in [2.05, 4.69) is 0 Å². The number of hydrogen-bond acceptors (Lipinski definition) is 4. The van der Waals surface area contributed by atoms with Crippen molar-refractivity contribution in [2.45, 2.75) is 25.4 Å². The van der Waals surface area contributed by atoms with Crippen molar-refractivity contribution in [3.05, 3.63) is 88.2 Å². The van der Waals surface area contributed by atoms with Crippen molar-refractivity contribution in [1.29, 1.82) is 0 Å². The molecule has 6 heteroatoms. The first-order chi connectivity index (χ1) is 13.7. The summed E-state index contributed by atoms with van der Waals surface area (Å²) in [6.45, 7) is 0.987. The van der Waals surface area contributed by atoms with Gasteiger partial charge in [0.15, 0.2) is 5.76 Å². The molecule has 1 saturated heterocycles. The van der Waals surface area contributed by atoms with Gasteiger partial charge in [-0.1, -0.05) is 18.2 Å². The van der Waals surface area contributed by atoms with Crippen molar-refractivity contribution in [3.63, 3.8) is 0 Å². The maximum absolute atomic E-state index is 13.1. The van der Waals surface area contributed by atoms with Crippen molar-refractivity contribution in [3.8, 4) is 5.75 Å². The van der Waals surface area contributed by atoms with Crippen LogP contribution in [0.2, 0.25) is 0 Å². The first-order valence-corrected chi connectivity index (χ1v) is 9.35. The maximum atomic E-state index is 13.1. The van der Waals surface area contributed by atoms with Gasteiger partial charge in [-0.2, -0.15) is 0 Å². The van der Waals surface area contributed by atoms with Gasteiger partial charge in [0.05, 0.1) is 19.7 Å². The molecule has 6 nitrogen and oxygen atoms in total. The molecule has 1 aromatic carbocycles. The summed E-state index contributed by atoms with van der Waals surface area (Å²) >= 11 is 0. The van der Waals surface area contributed by atoms with Crippen molar-refractivity contribution in [1.82, 2.24) is 9.47 Å². The number of pyridine rings is 1. The highest BCUT2D eigenvalue weighted by Gasteiger charge is 2.32. The topological polar surface area (TPSA) is 64.7 Å². The molecule has 2 aromatic heterocycles. The van der Waals surface area contributed by atoms with Crippen LogP contribution < -0.4 is 10.3 Å². The zero-order chi connectivity index (χ0) is 19.5. The van der Waals surface area contributed by atoms with Crippen LogP contribution in [0.3, 0.4) is 0 Å². The molecule has 0 radical (unpaired) electrons. The van der Waals surface area contributed by atoms with Crippen LogP contribution in [0.25, 0.3) is 0 Å². The highest BCUT2D eigenvalue weighted by molar-refractivity contribution is 5.92. The average Bonchev–Trinajstić information content (AvgIpc) is 3.39. The zero-order valence-corrected chi connectivity index (χ0v) is 15.7. The lowest BCUT2D eigenvalue weighted by atomic mass is 10.0. The predicted octanol–water partition coefficient (Wildman–Crippen LogP) is 3.48. The minimum Gasteiger partial charge on any atom is -0.497 e. The predicted molar refractivity (Wildman–Crippen MR) is 105 cm³/mol. The maximum Gasteiger partial charge on any atom is 0.290 e. The van der Waals surface area contributed by atoms with Gasteiger partial charge >= 0.3 is 0 Å². The minimum atomic E-state index is -0.128. The minimum absolute atomic E-state index is 0.00731. The summed E-state index contributed by atoms with van der Waals surface area (Å²) in [5.74, 6) is 1.53. The van der Waals surface area contributed by atoms with Gasteiger partial charge in [0.1, 0.15) is 11.5 Å². The summed E-state index contributed by atoms with van der Waals surface area (Å²) in [6, 6.07) is 16.3. The molecule has 0 saturated carbocycles. The summed E-state index contributed by atoms with van der Waals surface area (Å²) in [5.41, 5.74) is 0.956. The molecule has 28 heavy (non-hydrogen) atoms.